The van der Waals surface area contributed by atoms with Gasteiger partial charge in [-0.15, -0.1) is 0 Å². The summed E-state index contributed by atoms with van der Waals surface area (Å²) in [5, 5.41) is 7.40. The average Bonchev–Trinajstić information content (AvgIpc) is 2.39. The molecule has 0 fully saturated rings. The number of rotatable bonds is 4. The second-order valence-corrected chi connectivity index (χ2v) is 4.81. The van der Waals surface area contributed by atoms with Crippen LogP contribution in [0.25, 0.3) is 0 Å². The molecule has 4 nitrogen and oxygen atoms in total. The first-order chi connectivity index (χ1) is 9.10. The van der Waals surface area contributed by atoms with Gasteiger partial charge in [0.15, 0.2) is 0 Å². The first-order valence-electron chi connectivity index (χ1n) is 6.38. The first-order valence-corrected chi connectivity index (χ1v) is 6.38. The third kappa shape index (κ3) is 3.29. The third-order valence-electron chi connectivity index (χ3n) is 3.19. The van der Waals surface area contributed by atoms with Crippen molar-refractivity contribution >= 4 is 0 Å². The van der Waals surface area contributed by atoms with Gasteiger partial charge in [0.2, 0.25) is 0 Å². The fourth-order valence-corrected chi connectivity index (χ4v) is 2.00. The maximum atomic E-state index is 11.8. The molecule has 0 aliphatic carbocycles. The van der Waals surface area contributed by atoms with Crippen molar-refractivity contribution < 1.29 is 0 Å². The van der Waals surface area contributed by atoms with Crippen molar-refractivity contribution in [1.82, 2.24) is 15.1 Å². The molecule has 0 radical (unpaired) electrons. The van der Waals surface area contributed by atoms with Gasteiger partial charge in [-0.1, -0.05) is 29.8 Å². The predicted molar refractivity (Wildman–Crippen MR) is 76.2 cm³/mol. The molecule has 2 aromatic rings. The van der Waals surface area contributed by atoms with E-state index in [0.29, 0.717) is 6.54 Å². The average molecular weight is 257 g/mol. The molecule has 100 valence electrons. The highest BCUT2D eigenvalue weighted by Gasteiger charge is 2.11. The zero-order valence-corrected chi connectivity index (χ0v) is 11.6. The largest absolute Gasteiger partial charge is 0.311 e. The number of aromatic nitrogens is 2. The summed E-state index contributed by atoms with van der Waals surface area (Å²) in [6.45, 7) is 4.46. The van der Waals surface area contributed by atoms with Crippen LogP contribution in [-0.2, 0) is 6.54 Å². The monoisotopic (exact) mass is 257 g/mol. The van der Waals surface area contributed by atoms with Crippen LogP contribution in [-0.4, -0.2) is 16.8 Å². The summed E-state index contributed by atoms with van der Waals surface area (Å²) in [6, 6.07) is 9.99. The smallest absolute Gasteiger partial charge is 0.267 e. The van der Waals surface area contributed by atoms with E-state index in [4.69, 9.17) is 0 Å². The fraction of sp³-hybridized carbons (Fsp3) is 0.333. The van der Waals surface area contributed by atoms with Crippen molar-refractivity contribution in [2.75, 3.05) is 7.05 Å². The van der Waals surface area contributed by atoms with E-state index in [2.05, 4.69) is 41.6 Å². The molecule has 0 aliphatic heterocycles. The second kappa shape index (κ2) is 5.80. The van der Waals surface area contributed by atoms with Crippen molar-refractivity contribution in [1.29, 1.82) is 0 Å². The number of aryl methyl sites for hydroxylation is 2. The number of hydrogen-bond acceptors (Lipinski definition) is 3. The number of likely N-dealkylation sites (N-methyl/N-ethyl adjacent to an activating group) is 1. The first kappa shape index (κ1) is 13.5. The number of hydrogen-bond donors (Lipinski definition) is 1. The molecule has 0 saturated heterocycles. The van der Waals surface area contributed by atoms with Crippen LogP contribution in [0, 0.1) is 13.8 Å². The normalized spacial score (nSPS) is 12.4. The molecular formula is C15H19N3O. The van der Waals surface area contributed by atoms with Gasteiger partial charge >= 0.3 is 0 Å². The van der Waals surface area contributed by atoms with E-state index in [1.165, 1.54) is 10.2 Å². The quantitative estimate of drug-likeness (QED) is 0.909. The van der Waals surface area contributed by atoms with E-state index in [1.54, 1.807) is 12.3 Å². The maximum absolute atomic E-state index is 11.8. The van der Waals surface area contributed by atoms with E-state index in [-0.39, 0.29) is 11.6 Å². The Morgan fingerprint density at radius 3 is 2.47 bits per heavy atom. The molecule has 1 unspecified atom stereocenters. The third-order valence-corrected chi connectivity index (χ3v) is 3.19. The van der Waals surface area contributed by atoms with Gasteiger partial charge in [-0.05, 0) is 32.0 Å². The van der Waals surface area contributed by atoms with Gasteiger partial charge in [0.25, 0.3) is 5.56 Å². The lowest BCUT2D eigenvalue weighted by Crippen LogP contribution is -2.30. The molecular weight excluding hydrogens is 238 g/mol. The maximum Gasteiger partial charge on any atom is 0.267 e. The zero-order valence-electron chi connectivity index (χ0n) is 11.6. The predicted octanol–water partition coefficient (Wildman–Crippen LogP) is 1.82. The Labute approximate surface area is 113 Å². The molecule has 0 saturated carbocycles. The highest BCUT2D eigenvalue weighted by atomic mass is 16.1. The van der Waals surface area contributed by atoms with Gasteiger partial charge in [-0.25, -0.2) is 4.68 Å². The fourth-order valence-electron chi connectivity index (χ4n) is 2.00. The van der Waals surface area contributed by atoms with Gasteiger partial charge in [0.1, 0.15) is 0 Å². The van der Waals surface area contributed by atoms with Gasteiger partial charge in [0, 0.05) is 6.07 Å². The Kier molecular flexibility index (Phi) is 4.12. The van der Waals surface area contributed by atoms with Crippen LogP contribution in [0.3, 0.4) is 0 Å². The molecule has 0 bridgehead atoms. The lowest BCUT2D eigenvalue weighted by Gasteiger charge is -2.17. The van der Waals surface area contributed by atoms with E-state index < -0.39 is 0 Å². The summed E-state index contributed by atoms with van der Waals surface area (Å²) in [5.41, 5.74) is 3.21. The van der Waals surface area contributed by atoms with E-state index >= 15 is 0 Å². The second-order valence-electron chi connectivity index (χ2n) is 4.81. The summed E-state index contributed by atoms with van der Waals surface area (Å²) < 4.78 is 1.49. The highest BCUT2D eigenvalue weighted by Crippen LogP contribution is 2.14. The Morgan fingerprint density at radius 1 is 1.21 bits per heavy atom. The summed E-state index contributed by atoms with van der Waals surface area (Å²) in [7, 11) is 1.89. The molecule has 1 atom stereocenters. The van der Waals surface area contributed by atoms with Crippen molar-refractivity contribution in [3.05, 3.63) is 63.6 Å². The number of benzene rings is 1. The standard InChI is InChI=1S/C15H19N3O/c1-11-4-6-13(7-5-11)14(16-3)10-18-15(19)8-12(2)9-17-18/h4-9,14,16H,10H2,1-3H3. The van der Waals surface area contributed by atoms with E-state index in [9.17, 15) is 4.79 Å². The van der Waals surface area contributed by atoms with Gasteiger partial charge in [-0.3, -0.25) is 4.79 Å². The lowest BCUT2D eigenvalue weighted by atomic mass is 10.1. The lowest BCUT2D eigenvalue weighted by molar-refractivity contribution is 0.451. The Balaban J connectivity index is 2.24. The minimum atomic E-state index is -0.0626. The summed E-state index contributed by atoms with van der Waals surface area (Å²) in [6.07, 6.45) is 1.71. The van der Waals surface area contributed by atoms with Crippen LogP contribution < -0.4 is 10.9 Å². The van der Waals surface area contributed by atoms with Crippen LogP contribution >= 0.6 is 0 Å². The molecule has 1 N–H and O–H groups in total. The SMILES string of the molecule is CNC(Cn1ncc(C)cc1=O)c1ccc(C)cc1. The van der Waals surface area contributed by atoms with Crippen molar-refractivity contribution in [2.24, 2.45) is 0 Å². The number of nitrogens with zero attached hydrogens (tertiary/aromatic N) is 2. The van der Waals surface area contributed by atoms with Gasteiger partial charge < -0.3 is 5.32 Å². The van der Waals surface area contributed by atoms with E-state index in [1.807, 2.05) is 14.0 Å². The van der Waals surface area contributed by atoms with Gasteiger partial charge in [0.05, 0.1) is 18.8 Å². The van der Waals surface area contributed by atoms with Crippen LogP contribution in [0.2, 0.25) is 0 Å². The van der Waals surface area contributed by atoms with Crippen LogP contribution in [0.4, 0.5) is 0 Å². The van der Waals surface area contributed by atoms with Crippen LogP contribution in [0.15, 0.2) is 41.3 Å². The minimum absolute atomic E-state index is 0.0626. The molecule has 0 aliphatic rings. The Hall–Kier alpha value is -1.94. The summed E-state index contributed by atoms with van der Waals surface area (Å²) >= 11 is 0. The molecule has 0 spiro atoms. The van der Waals surface area contributed by atoms with Crippen molar-refractivity contribution in [3.8, 4) is 0 Å². The molecule has 1 aromatic heterocycles. The summed E-state index contributed by atoms with van der Waals surface area (Å²) in [5.74, 6) is 0. The van der Waals surface area contributed by atoms with Crippen LogP contribution in [0.5, 0.6) is 0 Å². The zero-order chi connectivity index (χ0) is 13.8. The minimum Gasteiger partial charge on any atom is -0.311 e. The van der Waals surface area contributed by atoms with Crippen molar-refractivity contribution in [2.45, 2.75) is 26.4 Å². The molecule has 1 aromatic carbocycles. The van der Waals surface area contributed by atoms with Crippen molar-refractivity contribution in [3.63, 3.8) is 0 Å². The number of nitrogens with one attached hydrogen (secondary N) is 1. The van der Waals surface area contributed by atoms with Gasteiger partial charge in [-0.2, -0.15) is 5.10 Å². The Morgan fingerprint density at radius 2 is 1.89 bits per heavy atom. The summed E-state index contributed by atoms with van der Waals surface area (Å²) in [4.78, 5) is 11.8. The Bertz CT molecular complexity index is 602. The highest BCUT2D eigenvalue weighted by molar-refractivity contribution is 5.24. The topological polar surface area (TPSA) is 46.9 Å². The molecule has 0 amide bonds. The molecule has 1 heterocycles. The van der Waals surface area contributed by atoms with Crippen LogP contribution in [0.1, 0.15) is 22.7 Å². The molecule has 19 heavy (non-hydrogen) atoms. The molecule has 2 rings (SSSR count). The van der Waals surface area contributed by atoms with E-state index in [0.717, 1.165) is 11.1 Å². The molecule has 4 heteroatoms.